The van der Waals surface area contributed by atoms with E-state index >= 15 is 0 Å². The number of piperazine rings is 1. The Balaban J connectivity index is 1.83. The minimum absolute atomic E-state index is 0.135. The number of nitrogens with one attached hydrogen (secondary N) is 1. The minimum atomic E-state index is -2.81. The molecule has 1 saturated heterocycles. The van der Waals surface area contributed by atoms with Crippen LogP contribution in [0.4, 0.5) is 8.78 Å². The van der Waals surface area contributed by atoms with Crippen molar-refractivity contribution < 1.29 is 18.3 Å². The third-order valence-corrected chi connectivity index (χ3v) is 3.60. The van der Waals surface area contributed by atoms with Gasteiger partial charge in [0.1, 0.15) is 5.75 Å². The first-order valence-corrected chi connectivity index (χ1v) is 7.10. The average molecular weight is 298 g/mol. The fourth-order valence-corrected chi connectivity index (χ4v) is 2.44. The molecule has 116 valence electrons. The van der Waals surface area contributed by atoms with Crippen molar-refractivity contribution in [2.24, 2.45) is 0 Å². The predicted octanol–water partition coefficient (Wildman–Crippen LogP) is 2.04. The van der Waals surface area contributed by atoms with Gasteiger partial charge in [-0.1, -0.05) is 12.1 Å². The molecular weight excluding hydrogens is 278 g/mol. The van der Waals surface area contributed by atoms with Crippen LogP contribution < -0.4 is 10.1 Å². The summed E-state index contributed by atoms with van der Waals surface area (Å²) in [5, 5.41) is 3.25. The Labute approximate surface area is 123 Å². The second-order valence-corrected chi connectivity index (χ2v) is 5.16. The van der Waals surface area contributed by atoms with E-state index in [1.165, 1.54) is 12.1 Å². The van der Waals surface area contributed by atoms with Crippen molar-refractivity contribution in [2.45, 2.75) is 32.4 Å². The van der Waals surface area contributed by atoms with Gasteiger partial charge in [0.15, 0.2) is 0 Å². The number of nitrogens with zero attached hydrogens (tertiary/aromatic N) is 1. The Morgan fingerprint density at radius 3 is 2.76 bits per heavy atom. The zero-order chi connectivity index (χ0) is 15.2. The van der Waals surface area contributed by atoms with Gasteiger partial charge >= 0.3 is 6.61 Å². The summed E-state index contributed by atoms with van der Waals surface area (Å²) in [4.78, 5) is 14.1. The summed E-state index contributed by atoms with van der Waals surface area (Å²) in [6.45, 7) is 1.61. The third-order valence-electron chi connectivity index (χ3n) is 3.60. The van der Waals surface area contributed by atoms with E-state index in [0.29, 0.717) is 12.8 Å². The molecule has 1 aliphatic heterocycles. The Kier molecular flexibility index (Phi) is 5.50. The fraction of sp³-hybridized carbons (Fsp3) is 0.533. The number of aryl methyl sites for hydroxylation is 1. The molecule has 21 heavy (non-hydrogen) atoms. The number of halogens is 2. The maximum atomic E-state index is 12.2. The van der Waals surface area contributed by atoms with E-state index in [0.717, 1.165) is 25.2 Å². The van der Waals surface area contributed by atoms with Crippen molar-refractivity contribution >= 4 is 5.91 Å². The van der Waals surface area contributed by atoms with Gasteiger partial charge in [0.2, 0.25) is 5.91 Å². The van der Waals surface area contributed by atoms with Crippen LogP contribution in [0.5, 0.6) is 5.75 Å². The van der Waals surface area contributed by atoms with Crippen LogP contribution in [-0.4, -0.2) is 43.1 Å². The fourth-order valence-electron chi connectivity index (χ4n) is 2.44. The Hall–Kier alpha value is -1.69. The van der Waals surface area contributed by atoms with Crippen molar-refractivity contribution in [1.29, 1.82) is 0 Å². The lowest BCUT2D eigenvalue weighted by atomic mass is 10.1. The van der Waals surface area contributed by atoms with Crippen LogP contribution in [0.3, 0.4) is 0 Å². The number of hydrogen-bond acceptors (Lipinski definition) is 3. The summed E-state index contributed by atoms with van der Waals surface area (Å²) in [5.74, 6) is 0.271. The van der Waals surface area contributed by atoms with Gasteiger partial charge in [-0.3, -0.25) is 4.79 Å². The van der Waals surface area contributed by atoms with Crippen molar-refractivity contribution in [1.82, 2.24) is 10.2 Å². The number of alkyl halides is 2. The molecule has 1 aliphatic rings. The highest BCUT2D eigenvalue weighted by molar-refractivity contribution is 5.77. The molecule has 0 aliphatic carbocycles. The molecule has 1 N–H and O–H groups in total. The zero-order valence-electron chi connectivity index (χ0n) is 12.0. The van der Waals surface area contributed by atoms with Gasteiger partial charge in [-0.25, -0.2) is 0 Å². The van der Waals surface area contributed by atoms with Crippen LogP contribution in [0.1, 0.15) is 18.9 Å². The van der Waals surface area contributed by atoms with Crippen LogP contribution >= 0.6 is 0 Å². The Morgan fingerprint density at radius 1 is 1.43 bits per heavy atom. The maximum Gasteiger partial charge on any atom is 0.387 e. The van der Waals surface area contributed by atoms with Gasteiger partial charge < -0.3 is 15.0 Å². The molecule has 1 unspecified atom stereocenters. The molecule has 0 aromatic heterocycles. The number of benzene rings is 1. The molecule has 1 aromatic rings. The molecule has 0 radical (unpaired) electrons. The Morgan fingerprint density at radius 2 is 2.14 bits per heavy atom. The van der Waals surface area contributed by atoms with Crippen LogP contribution in [-0.2, 0) is 11.2 Å². The standard InChI is InChI=1S/C15H20F2N2O2/c1-11-10-18-8-9-19(11)14(20)7-4-12-2-5-13(6-3-12)21-15(16)17/h2-3,5-6,11,15,18H,4,7-10H2,1H3. The molecule has 1 aromatic carbocycles. The molecule has 2 rings (SSSR count). The lowest BCUT2D eigenvalue weighted by Gasteiger charge is -2.34. The number of rotatable bonds is 5. The second-order valence-electron chi connectivity index (χ2n) is 5.16. The average Bonchev–Trinajstić information content (AvgIpc) is 2.46. The summed E-state index contributed by atoms with van der Waals surface area (Å²) in [7, 11) is 0. The van der Waals surface area contributed by atoms with Crippen molar-refractivity contribution in [3.05, 3.63) is 29.8 Å². The molecule has 1 atom stereocenters. The molecule has 0 saturated carbocycles. The van der Waals surface area contributed by atoms with Crippen LogP contribution in [0, 0.1) is 0 Å². The van der Waals surface area contributed by atoms with Gasteiger partial charge in [0, 0.05) is 32.1 Å². The molecule has 6 heteroatoms. The van der Waals surface area contributed by atoms with Gasteiger partial charge in [-0.05, 0) is 31.0 Å². The van der Waals surface area contributed by atoms with E-state index in [1.54, 1.807) is 12.1 Å². The molecular formula is C15H20F2N2O2. The number of ether oxygens (including phenoxy) is 1. The first-order valence-electron chi connectivity index (χ1n) is 7.10. The highest BCUT2D eigenvalue weighted by atomic mass is 19.3. The van der Waals surface area contributed by atoms with Crippen molar-refractivity contribution in [2.75, 3.05) is 19.6 Å². The van der Waals surface area contributed by atoms with Gasteiger partial charge in [-0.15, -0.1) is 0 Å². The smallest absolute Gasteiger partial charge is 0.387 e. The van der Waals surface area contributed by atoms with Gasteiger partial charge in [-0.2, -0.15) is 8.78 Å². The summed E-state index contributed by atoms with van der Waals surface area (Å²) < 4.78 is 28.4. The number of carbonyl (C=O) groups excluding carboxylic acids is 1. The van der Waals surface area contributed by atoms with E-state index in [1.807, 2.05) is 11.8 Å². The number of carbonyl (C=O) groups is 1. The van der Waals surface area contributed by atoms with Crippen LogP contribution in [0.25, 0.3) is 0 Å². The molecule has 1 fully saturated rings. The number of hydrogen-bond donors (Lipinski definition) is 1. The summed E-state index contributed by atoms with van der Waals surface area (Å²) >= 11 is 0. The van der Waals surface area contributed by atoms with E-state index < -0.39 is 6.61 Å². The Bertz CT molecular complexity index is 465. The first kappa shape index (κ1) is 15.7. The monoisotopic (exact) mass is 298 g/mol. The van der Waals surface area contributed by atoms with E-state index in [-0.39, 0.29) is 17.7 Å². The second kappa shape index (κ2) is 7.36. The summed E-state index contributed by atoms with van der Waals surface area (Å²) in [5.41, 5.74) is 0.938. The molecule has 0 spiro atoms. The van der Waals surface area contributed by atoms with E-state index in [9.17, 15) is 13.6 Å². The predicted molar refractivity (Wildman–Crippen MR) is 75.4 cm³/mol. The molecule has 0 bridgehead atoms. The normalized spacial score (nSPS) is 18.9. The summed E-state index contributed by atoms with van der Waals surface area (Å²) in [6, 6.07) is 6.64. The largest absolute Gasteiger partial charge is 0.435 e. The SMILES string of the molecule is CC1CNCCN1C(=O)CCc1ccc(OC(F)F)cc1. The maximum absolute atomic E-state index is 12.2. The third kappa shape index (κ3) is 4.67. The van der Waals surface area contributed by atoms with Gasteiger partial charge in [0.05, 0.1) is 0 Å². The van der Waals surface area contributed by atoms with E-state index in [4.69, 9.17) is 0 Å². The topological polar surface area (TPSA) is 41.6 Å². The number of amides is 1. The highest BCUT2D eigenvalue weighted by Crippen LogP contribution is 2.16. The first-order chi connectivity index (χ1) is 10.1. The lowest BCUT2D eigenvalue weighted by Crippen LogP contribution is -2.52. The van der Waals surface area contributed by atoms with Gasteiger partial charge in [0.25, 0.3) is 0 Å². The van der Waals surface area contributed by atoms with Crippen LogP contribution in [0.15, 0.2) is 24.3 Å². The zero-order valence-corrected chi connectivity index (χ0v) is 12.0. The highest BCUT2D eigenvalue weighted by Gasteiger charge is 2.22. The van der Waals surface area contributed by atoms with Crippen molar-refractivity contribution in [3.8, 4) is 5.75 Å². The van der Waals surface area contributed by atoms with Crippen molar-refractivity contribution in [3.63, 3.8) is 0 Å². The molecule has 1 amide bonds. The lowest BCUT2D eigenvalue weighted by molar-refractivity contribution is -0.133. The van der Waals surface area contributed by atoms with Crippen LogP contribution in [0.2, 0.25) is 0 Å². The summed E-state index contributed by atoms with van der Waals surface area (Å²) in [6.07, 6.45) is 1.03. The molecule has 1 heterocycles. The minimum Gasteiger partial charge on any atom is -0.435 e. The van der Waals surface area contributed by atoms with E-state index in [2.05, 4.69) is 10.1 Å². The quantitative estimate of drug-likeness (QED) is 0.904. The molecule has 4 nitrogen and oxygen atoms in total.